The molecule has 6 aromatic carbocycles. The van der Waals surface area contributed by atoms with Crippen molar-refractivity contribution in [3.05, 3.63) is 154 Å². The molecule has 2 aliphatic rings. The lowest BCUT2D eigenvalue weighted by molar-refractivity contribution is 0.659. The zero-order valence-corrected chi connectivity index (χ0v) is 30.3. The van der Waals surface area contributed by atoms with Gasteiger partial charge in [-0.15, -0.1) is 0 Å². The first kappa shape index (κ1) is 29.6. The molecule has 0 amide bonds. The van der Waals surface area contributed by atoms with Crippen molar-refractivity contribution in [3.63, 3.8) is 0 Å². The first-order valence-electron chi connectivity index (χ1n) is 18.0. The highest BCUT2D eigenvalue weighted by Gasteiger charge is 2.37. The highest BCUT2D eigenvalue weighted by atomic mass is 15.0. The Hall–Kier alpha value is -5.34. The molecular weight excluding hydrogens is 605 g/mol. The van der Waals surface area contributed by atoms with E-state index >= 15 is 0 Å². The molecule has 0 radical (unpaired) electrons. The highest BCUT2D eigenvalue weighted by Crippen LogP contribution is 2.51. The van der Waals surface area contributed by atoms with Crippen LogP contribution in [0, 0.1) is 27.7 Å². The highest BCUT2D eigenvalue weighted by molar-refractivity contribution is 6.18. The van der Waals surface area contributed by atoms with Gasteiger partial charge < -0.3 is 9.13 Å². The molecule has 0 atom stereocenters. The van der Waals surface area contributed by atoms with Gasteiger partial charge in [-0.1, -0.05) is 113 Å². The second-order valence-corrected chi connectivity index (χ2v) is 15.9. The maximum Gasteiger partial charge on any atom is 0.0613 e. The van der Waals surface area contributed by atoms with Gasteiger partial charge in [0.15, 0.2) is 0 Å². The van der Waals surface area contributed by atoms with Gasteiger partial charge in [-0.2, -0.15) is 0 Å². The third kappa shape index (κ3) is 3.54. The minimum atomic E-state index is -0.0518. The smallest absolute Gasteiger partial charge is 0.0613 e. The number of hydrogen-bond acceptors (Lipinski definition) is 0. The Morgan fingerprint density at radius 2 is 0.740 bits per heavy atom. The van der Waals surface area contributed by atoms with Crippen LogP contribution in [-0.4, -0.2) is 9.13 Å². The zero-order chi connectivity index (χ0) is 34.4. The summed E-state index contributed by atoms with van der Waals surface area (Å²) in [6, 6.07) is 41.6. The topological polar surface area (TPSA) is 9.86 Å². The maximum absolute atomic E-state index is 2.53. The van der Waals surface area contributed by atoms with Crippen LogP contribution < -0.4 is 0 Å². The Labute approximate surface area is 294 Å². The maximum atomic E-state index is 2.53. The molecule has 2 aromatic heterocycles. The van der Waals surface area contributed by atoms with Crippen molar-refractivity contribution in [1.29, 1.82) is 0 Å². The van der Waals surface area contributed by atoms with Crippen LogP contribution >= 0.6 is 0 Å². The van der Waals surface area contributed by atoms with E-state index in [1.165, 1.54) is 111 Å². The number of benzene rings is 6. The predicted octanol–water partition coefficient (Wildman–Crippen LogP) is 12.6. The lowest BCUT2D eigenvalue weighted by atomic mass is 9.82. The Balaban J connectivity index is 1.23. The van der Waals surface area contributed by atoms with Crippen LogP contribution in [0.2, 0.25) is 0 Å². The summed E-state index contributed by atoms with van der Waals surface area (Å²) in [4.78, 5) is 0. The molecule has 0 unspecified atom stereocenters. The van der Waals surface area contributed by atoms with E-state index in [9.17, 15) is 0 Å². The van der Waals surface area contributed by atoms with E-state index in [2.05, 4.69) is 174 Å². The number of nitrogens with zero attached hydrogens (tertiary/aromatic N) is 2. The van der Waals surface area contributed by atoms with Crippen LogP contribution in [-0.2, 0) is 10.8 Å². The van der Waals surface area contributed by atoms with Gasteiger partial charge >= 0.3 is 0 Å². The molecule has 0 fully saturated rings. The minimum absolute atomic E-state index is 0.0518. The van der Waals surface area contributed by atoms with Gasteiger partial charge in [-0.3, -0.25) is 0 Å². The van der Waals surface area contributed by atoms with Gasteiger partial charge in [0, 0.05) is 55.1 Å². The van der Waals surface area contributed by atoms with Crippen LogP contribution in [0.5, 0.6) is 0 Å². The minimum Gasteiger partial charge on any atom is -0.313 e. The second kappa shape index (κ2) is 9.67. The van der Waals surface area contributed by atoms with Gasteiger partial charge in [0.1, 0.15) is 0 Å². The molecule has 244 valence electrons. The van der Waals surface area contributed by atoms with Crippen molar-refractivity contribution in [1.82, 2.24) is 9.13 Å². The zero-order valence-electron chi connectivity index (χ0n) is 30.3. The van der Waals surface area contributed by atoms with Crippen molar-refractivity contribution in [2.75, 3.05) is 0 Å². The molecule has 50 heavy (non-hydrogen) atoms. The molecule has 0 N–H and O–H groups in total. The van der Waals surface area contributed by atoms with E-state index in [4.69, 9.17) is 0 Å². The number of aromatic nitrogens is 2. The fourth-order valence-electron chi connectivity index (χ4n) is 9.83. The summed E-state index contributed by atoms with van der Waals surface area (Å²) in [5, 5.41) is 5.23. The molecule has 2 nitrogen and oxygen atoms in total. The third-order valence-electron chi connectivity index (χ3n) is 12.8. The molecule has 2 aliphatic carbocycles. The first-order valence-corrected chi connectivity index (χ1v) is 18.0. The van der Waals surface area contributed by atoms with Crippen LogP contribution in [0.25, 0.3) is 66.2 Å². The van der Waals surface area contributed by atoms with Crippen LogP contribution in [0.15, 0.2) is 109 Å². The van der Waals surface area contributed by atoms with Crippen molar-refractivity contribution in [2.24, 2.45) is 0 Å². The fourth-order valence-corrected chi connectivity index (χ4v) is 9.83. The van der Waals surface area contributed by atoms with Gasteiger partial charge in [-0.25, -0.2) is 0 Å². The average Bonchev–Trinajstić information content (AvgIpc) is 3.72. The molecule has 2 heteroatoms. The fraction of sp³-hybridized carbons (Fsp3) is 0.208. The average molecular weight is 647 g/mol. The molecule has 0 spiro atoms. The van der Waals surface area contributed by atoms with Gasteiger partial charge in [0.05, 0.1) is 11.0 Å². The number of hydrogen-bond donors (Lipinski definition) is 0. The normalized spacial score (nSPS) is 15.1. The summed E-state index contributed by atoms with van der Waals surface area (Å²) in [7, 11) is 0. The van der Waals surface area contributed by atoms with Crippen LogP contribution in [0.3, 0.4) is 0 Å². The summed E-state index contributed by atoms with van der Waals surface area (Å²) in [5.41, 5.74) is 21.3. The summed E-state index contributed by atoms with van der Waals surface area (Å²) in [6.07, 6.45) is 0. The SMILES string of the molecule is Cc1c(C)n(-c2ccc3c(c2)C(C)(C)c2ccccc2-3)c2c1ccc1c2ccc2c(C)c(C)n(-c3ccc4c(c3)C(C)(C)c3ccccc3-4)c21. The lowest BCUT2D eigenvalue weighted by Gasteiger charge is -2.23. The summed E-state index contributed by atoms with van der Waals surface area (Å²) < 4.78 is 5.06. The van der Waals surface area contributed by atoms with Crippen molar-refractivity contribution >= 4 is 32.6 Å². The largest absolute Gasteiger partial charge is 0.313 e. The van der Waals surface area contributed by atoms with Gasteiger partial charge in [0.2, 0.25) is 0 Å². The molecule has 0 aliphatic heterocycles. The first-order chi connectivity index (χ1) is 24.0. The Bertz CT molecular complexity index is 2600. The summed E-state index contributed by atoms with van der Waals surface area (Å²) in [6.45, 7) is 18.6. The standard InChI is InChI=1S/C48H42N2/c1-27-29(3)49(31-17-19-37-35-13-9-11-15-41(35)47(5,6)43(37)25-31)45-33(27)21-23-40-39(45)24-22-34-28(2)30(4)50(46(34)40)32-18-20-38-36-14-10-12-16-42(36)48(7,8)44(38)26-32/h9-26H,1-8H3. The van der Waals surface area contributed by atoms with Gasteiger partial charge in [0.25, 0.3) is 0 Å². The van der Waals surface area contributed by atoms with Crippen molar-refractivity contribution in [3.8, 4) is 33.6 Å². The Morgan fingerprint density at radius 1 is 0.380 bits per heavy atom. The Kier molecular flexibility index (Phi) is 5.72. The van der Waals surface area contributed by atoms with Crippen LogP contribution in [0.1, 0.15) is 72.5 Å². The van der Waals surface area contributed by atoms with Crippen LogP contribution in [0.4, 0.5) is 0 Å². The lowest BCUT2D eigenvalue weighted by Crippen LogP contribution is -2.15. The second-order valence-electron chi connectivity index (χ2n) is 15.9. The molecule has 10 rings (SSSR count). The summed E-state index contributed by atoms with van der Waals surface area (Å²) >= 11 is 0. The Morgan fingerprint density at radius 3 is 1.16 bits per heavy atom. The van der Waals surface area contributed by atoms with E-state index in [1.54, 1.807) is 0 Å². The van der Waals surface area contributed by atoms with Crippen molar-refractivity contribution in [2.45, 2.75) is 66.2 Å². The molecule has 8 aromatic rings. The van der Waals surface area contributed by atoms with Gasteiger partial charge in [-0.05, 0) is 108 Å². The predicted molar refractivity (Wildman–Crippen MR) is 212 cm³/mol. The van der Waals surface area contributed by atoms with E-state index in [-0.39, 0.29) is 10.8 Å². The third-order valence-corrected chi connectivity index (χ3v) is 12.8. The van der Waals surface area contributed by atoms with Crippen molar-refractivity contribution < 1.29 is 0 Å². The monoisotopic (exact) mass is 646 g/mol. The quantitative estimate of drug-likeness (QED) is 0.177. The van der Waals surface area contributed by atoms with E-state index in [0.717, 1.165) is 0 Å². The van der Waals surface area contributed by atoms with E-state index in [0.29, 0.717) is 0 Å². The molecule has 0 bridgehead atoms. The number of rotatable bonds is 2. The number of fused-ring (bicyclic) bond motifs is 11. The molecule has 0 saturated heterocycles. The number of aryl methyl sites for hydroxylation is 2. The molecular formula is C48H42N2. The van der Waals surface area contributed by atoms with E-state index in [1.807, 2.05) is 0 Å². The van der Waals surface area contributed by atoms with E-state index < -0.39 is 0 Å². The molecule has 2 heterocycles. The molecule has 0 saturated carbocycles. The summed E-state index contributed by atoms with van der Waals surface area (Å²) in [5.74, 6) is 0.